The average molecular weight is 347 g/mol. The van der Waals surface area contributed by atoms with E-state index in [1.54, 1.807) is 18.5 Å². The first kappa shape index (κ1) is 18.5. The Morgan fingerprint density at radius 3 is 2.60 bits per heavy atom. The molecular formula is C16H21N5O4. The van der Waals surface area contributed by atoms with Crippen LogP contribution in [0.2, 0.25) is 0 Å². The summed E-state index contributed by atoms with van der Waals surface area (Å²) in [5.74, 6) is -0.596. The van der Waals surface area contributed by atoms with Crippen molar-refractivity contribution in [3.63, 3.8) is 0 Å². The van der Waals surface area contributed by atoms with Gasteiger partial charge in [0.15, 0.2) is 0 Å². The van der Waals surface area contributed by atoms with Gasteiger partial charge in [-0.2, -0.15) is 4.98 Å². The first-order valence-corrected chi connectivity index (χ1v) is 8.05. The number of aryl methyl sites for hydroxylation is 1. The third kappa shape index (κ3) is 5.94. The van der Waals surface area contributed by atoms with Crippen molar-refractivity contribution < 1.29 is 19.2 Å². The van der Waals surface area contributed by atoms with Gasteiger partial charge in [0.05, 0.1) is 5.92 Å². The number of aromatic nitrogens is 4. The number of carbonyl (C=O) groups excluding carboxylic acids is 1. The Bertz CT molecular complexity index is 702. The Labute approximate surface area is 144 Å². The minimum absolute atomic E-state index is 0.110. The van der Waals surface area contributed by atoms with Crippen LogP contribution in [0.15, 0.2) is 23.0 Å². The Morgan fingerprint density at radius 2 is 1.96 bits per heavy atom. The largest absolute Gasteiger partial charge is 0.481 e. The summed E-state index contributed by atoms with van der Waals surface area (Å²) in [5.41, 5.74) is 0. The van der Waals surface area contributed by atoms with Gasteiger partial charge in [0.1, 0.15) is 0 Å². The lowest BCUT2D eigenvalue weighted by Gasteiger charge is -2.15. The van der Waals surface area contributed by atoms with Crippen molar-refractivity contribution in [1.29, 1.82) is 0 Å². The number of aliphatic carboxylic acids is 1. The highest BCUT2D eigenvalue weighted by molar-refractivity contribution is 5.77. The Hall–Kier alpha value is -2.84. The van der Waals surface area contributed by atoms with Crippen LogP contribution in [-0.2, 0) is 16.0 Å². The summed E-state index contributed by atoms with van der Waals surface area (Å²) in [5, 5.41) is 15.6. The predicted octanol–water partition coefficient (Wildman–Crippen LogP) is 1.32. The van der Waals surface area contributed by atoms with Gasteiger partial charge in [0.25, 0.3) is 0 Å². The van der Waals surface area contributed by atoms with Gasteiger partial charge in [0.2, 0.25) is 23.4 Å². The average Bonchev–Trinajstić information content (AvgIpc) is 3.06. The number of amides is 1. The van der Waals surface area contributed by atoms with E-state index >= 15 is 0 Å². The summed E-state index contributed by atoms with van der Waals surface area (Å²) in [6, 6.07) is 1.68. The smallest absolute Gasteiger partial charge is 0.308 e. The van der Waals surface area contributed by atoms with E-state index in [0.717, 1.165) is 0 Å². The quantitative estimate of drug-likeness (QED) is 0.694. The van der Waals surface area contributed by atoms with Crippen LogP contribution in [-0.4, -0.2) is 43.6 Å². The highest BCUT2D eigenvalue weighted by Crippen LogP contribution is 2.12. The molecule has 134 valence electrons. The van der Waals surface area contributed by atoms with Gasteiger partial charge in [-0.1, -0.05) is 19.0 Å². The zero-order valence-corrected chi connectivity index (χ0v) is 14.2. The molecule has 2 aromatic heterocycles. The number of rotatable bonds is 9. The van der Waals surface area contributed by atoms with Crippen LogP contribution in [0.1, 0.15) is 32.6 Å². The summed E-state index contributed by atoms with van der Waals surface area (Å²) < 4.78 is 5.07. The second kappa shape index (κ2) is 8.86. The highest BCUT2D eigenvalue weighted by Gasteiger charge is 2.20. The molecule has 1 amide bonds. The zero-order chi connectivity index (χ0) is 18.2. The van der Waals surface area contributed by atoms with Crippen LogP contribution in [0.3, 0.4) is 0 Å². The van der Waals surface area contributed by atoms with Gasteiger partial charge in [-0.3, -0.25) is 9.59 Å². The molecule has 0 aliphatic heterocycles. The van der Waals surface area contributed by atoms with E-state index in [-0.39, 0.29) is 37.0 Å². The molecule has 0 saturated heterocycles. The third-order valence-electron chi connectivity index (χ3n) is 3.45. The van der Waals surface area contributed by atoms with Crippen molar-refractivity contribution in [3.8, 4) is 11.6 Å². The topological polar surface area (TPSA) is 131 Å². The minimum Gasteiger partial charge on any atom is -0.481 e. The van der Waals surface area contributed by atoms with E-state index in [1.165, 1.54) is 0 Å². The lowest BCUT2D eigenvalue weighted by molar-refractivity contribution is -0.142. The number of carboxylic acids is 1. The molecule has 2 heterocycles. The van der Waals surface area contributed by atoms with E-state index < -0.39 is 11.9 Å². The standard InChI is InChI=1S/C16H21N5O4/c1-10(2)8-11(16(23)24)9-19-12(22)4-5-13-20-15(21-25-13)14-17-6-3-7-18-14/h3,6-7,10-11H,4-5,8-9H2,1-2H3,(H,19,22)(H,23,24). The van der Waals surface area contributed by atoms with Gasteiger partial charge in [-0.05, 0) is 18.4 Å². The van der Waals surface area contributed by atoms with Gasteiger partial charge in [0, 0.05) is 31.8 Å². The van der Waals surface area contributed by atoms with Gasteiger partial charge < -0.3 is 14.9 Å². The van der Waals surface area contributed by atoms with Crippen molar-refractivity contribution in [2.75, 3.05) is 6.54 Å². The van der Waals surface area contributed by atoms with E-state index in [9.17, 15) is 9.59 Å². The summed E-state index contributed by atoms with van der Waals surface area (Å²) in [4.78, 5) is 35.2. The van der Waals surface area contributed by atoms with Crippen molar-refractivity contribution >= 4 is 11.9 Å². The SMILES string of the molecule is CC(C)CC(CNC(=O)CCc1nc(-c2ncccn2)no1)C(=O)O. The van der Waals surface area contributed by atoms with Crippen LogP contribution in [0, 0.1) is 11.8 Å². The summed E-state index contributed by atoms with van der Waals surface area (Å²) in [6.45, 7) is 4.00. The van der Waals surface area contributed by atoms with E-state index in [1.807, 2.05) is 13.8 Å². The fourth-order valence-electron chi connectivity index (χ4n) is 2.25. The fourth-order valence-corrected chi connectivity index (χ4v) is 2.25. The Kier molecular flexibility index (Phi) is 6.55. The minimum atomic E-state index is -0.904. The summed E-state index contributed by atoms with van der Waals surface area (Å²) in [7, 11) is 0. The summed E-state index contributed by atoms with van der Waals surface area (Å²) in [6.07, 6.45) is 4.04. The van der Waals surface area contributed by atoms with Gasteiger partial charge in [-0.25, -0.2) is 9.97 Å². The molecular weight excluding hydrogens is 326 g/mol. The molecule has 0 bridgehead atoms. The van der Waals surface area contributed by atoms with Gasteiger partial charge in [-0.15, -0.1) is 0 Å². The molecule has 0 saturated carbocycles. The molecule has 2 rings (SSSR count). The maximum atomic E-state index is 11.9. The lowest BCUT2D eigenvalue weighted by Crippen LogP contribution is -2.33. The fraction of sp³-hybridized carbons (Fsp3) is 0.500. The highest BCUT2D eigenvalue weighted by atomic mass is 16.5. The Balaban J connectivity index is 1.80. The second-order valence-electron chi connectivity index (χ2n) is 6.05. The lowest BCUT2D eigenvalue weighted by atomic mass is 9.97. The Morgan fingerprint density at radius 1 is 1.24 bits per heavy atom. The molecule has 0 aliphatic carbocycles. The molecule has 0 spiro atoms. The van der Waals surface area contributed by atoms with Crippen LogP contribution >= 0.6 is 0 Å². The summed E-state index contributed by atoms with van der Waals surface area (Å²) >= 11 is 0. The predicted molar refractivity (Wildman–Crippen MR) is 87.2 cm³/mol. The van der Waals surface area contributed by atoms with Crippen LogP contribution in [0.25, 0.3) is 11.6 Å². The van der Waals surface area contributed by atoms with E-state index in [0.29, 0.717) is 18.1 Å². The second-order valence-corrected chi connectivity index (χ2v) is 6.05. The first-order chi connectivity index (χ1) is 12.0. The van der Waals surface area contributed by atoms with Crippen molar-refractivity contribution in [3.05, 3.63) is 24.4 Å². The number of carbonyl (C=O) groups is 2. The molecule has 2 aromatic rings. The molecule has 0 fully saturated rings. The van der Waals surface area contributed by atoms with Crippen molar-refractivity contribution in [2.45, 2.75) is 33.1 Å². The molecule has 0 aliphatic rings. The van der Waals surface area contributed by atoms with Crippen molar-refractivity contribution in [1.82, 2.24) is 25.4 Å². The molecule has 1 unspecified atom stereocenters. The van der Waals surface area contributed by atoms with Crippen LogP contribution in [0.5, 0.6) is 0 Å². The maximum Gasteiger partial charge on any atom is 0.308 e. The van der Waals surface area contributed by atoms with Crippen LogP contribution < -0.4 is 5.32 Å². The zero-order valence-electron chi connectivity index (χ0n) is 14.2. The van der Waals surface area contributed by atoms with E-state index in [4.69, 9.17) is 9.63 Å². The van der Waals surface area contributed by atoms with Crippen LogP contribution in [0.4, 0.5) is 0 Å². The van der Waals surface area contributed by atoms with Gasteiger partial charge >= 0.3 is 5.97 Å². The molecule has 0 radical (unpaired) electrons. The molecule has 9 heteroatoms. The number of nitrogens with one attached hydrogen (secondary N) is 1. The number of hydrogen-bond donors (Lipinski definition) is 2. The molecule has 1 atom stereocenters. The molecule has 0 aromatic carbocycles. The molecule has 2 N–H and O–H groups in total. The number of carboxylic acid groups (broad SMARTS) is 1. The molecule has 9 nitrogen and oxygen atoms in total. The van der Waals surface area contributed by atoms with Crippen molar-refractivity contribution in [2.24, 2.45) is 11.8 Å². The number of hydrogen-bond acceptors (Lipinski definition) is 7. The third-order valence-corrected chi connectivity index (χ3v) is 3.45. The first-order valence-electron chi connectivity index (χ1n) is 8.05. The normalized spacial score (nSPS) is 12.1. The van der Waals surface area contributed by atoms with E-state index in [2.05, 4.69) is 25.4 Å². The molecule has 25 heavy (non-hydrogen) atoms. The maximum absolute atomic E-state index is 11.9. The monoisotopic (exact) mass is 347 g/mol. The number of nitrogens with zero attached hydrogens (tertiary/aromatic N) is 4.